The molecule has 4 heterocycles. The van der Waals surface area contributed by atoms with Crippen LogP contribution in [0.4, 0.5) is 4.39 Å². The zero-order valence-corrected chi connectivity index (χ0v) is 20.6. The van der Waals surface area contributed by atoms with Crippen LogP contribution in [0.3, 0.4) is 0 Å². The van der Waals surface area contributed by atoms with E-state index in [1.54, 1.807) is 12.1 Å². The number of benzene rings is 2. The summed E-state index contributed by atoms with van der Waals surface area (Å²) in [6, 6.07) is 15.9. The molecule has 2 bridgehead atoms. The summed E-state index contributed by atoms with van der Waals surface area (Å²) in [6.45, 7) is 6.57. The highest BCUT2D eigenvalue weighted by atomic mass is 19.1. The number of hydrogen-bond acceptors (Lipinski definition) is 4. The molecule has 0 amide bonds. The first-order chi connectivity index (χ1) is 16.9. The molecule has 5 nitrogen and oxygen atoms in total. The molecule has 2 aromatic carbocycles. The molecule has 4 saturated heterocycles. The van der Waals surface area contributed by atoms with Crippen molar-refractivity contribution >= 4 is 11.8 Å². The lowest BCUT2D eigenvalue weighted by molar-refractivity contribution is -0.938. The molecule has 0 N–H and O–H groups in total. The van der Waals surface area contributed by atoms with Gasteiger partial charge in [-0.1, -0.05) is 48.9 Å². The second kappa shape index (κ2) is 9.82. The predicted octanol–water partition coefficient (Wildman–Crippen LogP) is 4.56. The number of Topliss-reactive ketones (excluding diaryl/α,β-unsaturated/α-hetero) is 1. The summed E-state index contributed by atoms with van der Waals surface area (Å²) in [5.41, 5.74) is 0.564. The topological polar surface area (TPSA) is 46.6 Å². The van der Waals surface area contributed by atoms with Crippen LogP contribution in [0.1, 0.15) is 54.9 Å². The largest absolute Gasteiger partial charge is 0.454 e. The van der Waals surface area contributed by atoms with Crippen LogP contribution in [0, 0.1) is 11.7 Å². The van der Waals surface area contributed by atoms with Crippen LogP contribution in [0.2, 0.25) is 0 Å². The Labute approximate surface area is 207 Å². The summed E-state index contributed by atoms with van der Waals surface area (Å²) < 4.78 is 20.7. The van der Waals surface area contributed by atoms with E-state index < -0.39 is 11.4 Å². The first-order valence-corrected chi connectivity index (χ1v) is 13.1. The van der Waals surface area contributed by atoms with E-state index in [2.05, 4.69) is 4.90 Å². The lowest BCUT2D eigenvalue weighted by atomic mass is 9.82. The maximum absolute atomic E-state index is 13.9. The van der Waals surface area contributed by atoms with Crippen molar-refractivity contribution in [3.8, 4) is 0 Å². The number of quaternary nitrogens is 1. The molecular weight excluding hydrogens is 443 g/mol. The van der Waals surface area contributed by atoms with E-state index in [0.29, 0.717) is 29.1 Å². The summed E-state index contributed by atoms with van der Waals surface area (Å²) in [5, 5.41) is 0. The third-order valence-corrected chi connectivity index (χ3v) is 8.65. The van der Waals surface area contributed by atoms with Crippen molar-refractivity contribution in [2.75, 3.05) is 39.3 Å². The van der Waals surface area contributed by atoms with Gasteiger partial charge in [-0.15, -0.1) is 0 Å². The van der Waals surface area contributed by atoms with Crippen LogP contribution in [-0.2, 0) is 15.1 Å². The number of ketones is 1. The van der Waals surface area contributed by atoms with E-state index in [4.69, 9.17) is 4.74 Å². The van der Waals surface area contributed by atoms with E-state index in [1.807, 2.05) is 37.3 Å². The van der Waals surface area contributed by atoms with Gasteiger partial charge in [0.15, 0.2) is 6.10 Å². The fourth-order valence-electron chi connectivity index (χ4n) is 6.42. The van der Waals surface area contributed by atoms with Crippen molar-refractivity contribution in [3.63, 3.8) is 0 Å². The van der Waals surface area contributed by atoms with Gasteiger partial charge in [-0.25, -0.2) is 9.18 Å². The van der Waals surface area contributed by atoms with Crippen molar-refractivity contribution in [1.82, 2.24) is 4.90 Å². The van der Waals surface area contributed by atoms with E-state index >= 15 is 0 Å². The van der Waals surface area contributed by atoms with E-state index in [-0.39, 0.29) is 17.9 Å². The molecule has 0 aromatic heterocycles. The average molecular weight is 480 g/mol. The number of likely N-dealkylation sites (tertiary alicyclic amines) is 1. The Hall–Kier alpha value is -2.57. The second-order valence-electron chi connectivity index (χ2n) is 10.8. The van der Waals surface area contributed by atoms with Crippen LogP contribution in [0.5, 0.6) is 0 Å². The Morgan fingerprint density at radius 2 is 1.74 bits per heavy atom. The maximum Gasteiger partial charge on any atom is 0.331 e. The van der Waals surface area contributed by atoms with E-state index in [1.165, 1.54) is 18.6 Å². The molecule has 2 atom stereocenters. The highest BCUT2D eigenvalue weighted by Crippen LogP contribution is 2.39. The Balaban J connectivity index is 1.34. The van der Waals surface area contributed by atoms with Crippen LogP contribution >= 0.6 is 0 Å². The number of carbonyl (C=O) groups is 2. The Morgan fingerprint density at radius 3 is 2.43 bits per heavy atom. The summed E-state index contributed by atoms with van der Waals surface area (Å²) in [4.78, 5) is 29.2. The predicted molar refractivity (Wildman–Crippen MR) is 132 cm³/mol. The van der Waals surface area contributed by atoms with Gasteiger partial charge in [-0.05, 0) is 50.6 Å². The first-order valence-electron chi connectivity index (χ1n) is 13.1. The average Bonchev–Trinajstić information content (AvgIpc) is 2.89. The fraction of sp³-hybridized carbons (Fsp3) is 0.517. The standard InChI is InChI=1S/C29H36FN2O3/c1-29(24-10-4-2-5-11-24,31-15-6-3-7-16-31)28(34)35-27-21-32(17-13-22(27)14-18-32)20-26(33)23-9-8-12-25(30)19-23/h2,4-5,8-12,19,22,27H,3,6-7,13-18,20-21H2,1H3/q+1/t22?,27-,29+,32?/m1/s1. The number of hydrogen-bond donors (Lipinski definition) is 0. The lowest BCUT2D eigenvalue weighted by Gasteiger charge is -2.52. The van der Waals surface area contributed by atoms with Gasteiger partial charge in [0.25, 0.3) is 0 Å². The fourth-order valence-corrected chi connectivity index (χ4v) is 6.42. The second-order valence-corrected chi connectivity index (χ2v) is 10.8. The molecule has 6 rings (SSSR count). The zero-order chi connectivity index (χ0) is 24.5. The van der Waals surface area contributed by atoms with Gasteiger partial charge in [0.05, 0.1) is 13.1 Å². The summed E-state index contributed by atoms with van der Waals surface area (Å²) in [7, 11) is 0. The minimum absolute atomic E-state index is 0.0441. The third kappa shape index (κ3) is 4.78. The number of fused-ring (bicyclic) bond motifs is 3. The van der Waals surface area contributed by atoms with Crippen LogP contribution in [-0.4, -0.2) is 66.5 Å². The van der Waals surface area contributed by atoms with Crippen molar-refractivity contribution in [2.24, 2.45) is 5.92 Å². The number of carbonyl (C=O) groups excluding carboxylic acids is 2. The molecule has 0 unspecified atom stereocenters. The van der Waals surface area contributed by atoms with E-state index in [9.17, 15) is 14.0 Å². The van der Waals surface area contributed by atoms with Crippen LogP contribution in [0.25, 0.3) is 0 Å². The van der Waals surface area contributed by atoms with E-state index in [0.717, 1.165) is 57.4 Å². The van der Waals surface area contributed by atoms with Crippen LogP contribution < -0.4 is 0 Å². The molecule has 35 heavy (non-hydrogen) atoms. The van der Waals surface area contributed by atoms with Gasteiger partial charge in [0, 0.05) is 24.3 Å². The van der Waals surface area contributed by atoms with Crippen LogP contribution in [0.15, 0.2) is 54.6 Å². The number of nitrogens with zero attached hydrogens (tertiary/aromatic N) is 2. The number of ether oxygens (including phenoxy) is 1. The SMILES string of the molecule is C[C@@](C(=O)O[C@@H]1C[N+]2(CC(=O)c3cccc(F)c3)CCC1CC2)(c1ccccc1)N1CCCCC1. The monoisotopic (exact) mass is 479 g/mol. The maximum atomic E-state index is 13.9. The summed E-state index contributed by atoms with van der Waals surface area (Å²) >= 11 is 0. The highest BCUT2D eigenvalue weighted by Gasteiger charge is 2.51. The van der Waals surface area contributed by atoms with Crippen molar-refractivity contribution in [1.29, 1.82) is 0 Å². The Kier molecular flexibility index (Phi) is 6.78. The molecule has 4 aliphatic rings. The smallest absolute Gasteiger partial charge is 0.331 e. The normalized spacial score (nSPS) is 28.3. The minimum atomic E-state index is -0.823. The van der Waals surface area contributed by atoms with Gasteiger partial charge in [0.2, 0.25) is 5.78 Å². The molecule has 0 spiro atoms. The molecular formula is C29H36FN2O3+. The molecule has 0 radical (unpaired) electrons. The first kappa shape index (κ1) is 24.1. The number of piperidine rings is 4. The molecule has 0 aliphatic carbocycles. The lowest BCUT2D eigenvalue weighted by Crippen LogP contribution is -2.66. The Morgan fingerprint density at radius 1 is 1.03 bits per heavy atom. The van der Waals surface area contributed by atoms with Crippen molar-refractivity contribution < 1.29 is 23.2 Å². The highest BCUT2D eigenvalue weighted by molar-refractivity contribution is 5.97. The number of rotatable bonds is 7. The molecule has 186 valence electrons. The molecule has 4 fully saturated rings. The summed E-state index contributed by atoms with van der Waals surface area (Å²) in [6.07, 6.45) is 5.06. The third-order valence-electron chi connectivity index (χ3n) is 8.65. The van der Waals surface area contributed by atoms with Gasteiger partial charge in [-0.2, -0.15) is 0 Å². The minimum Gasteiger partial charge on any atom is -0.454 e. The number of esters is 1. The number of halogens is 1. The Bertz CT molecular complexity index is 1060. The molecule has 0 saturated carbocycles. The van der Waals surface area contributed by atoms with Crippen molar-refractivity contribution in [2.45, 2.75) is 50.7 Å². The quantitative estimate of drug-likeness (QED) is 0.332. The van der Waals surface area contributed by atoms with Gasteiger partial charge in [-0.3, -0.25) is 9.69 Å². The zero-order valence-electron chi connectivity index (χ0n) is 20.6. The molecule has 4 aliphatic heterocycles. The molecule has 2 aromatic rings. The van der Waals surface area contributed by atoms with Crippen molar-refractivity contribution in [3.05, 3.63) is 71.5 Å². The summed E-state index contributed by atoms with van der Waals surface area (Å²) in [5.74, 6) is -0.279. The molecule has 6 heteroatoms. The van der Waals surface area contributed by atoms with Gasteiger partial charge in [0.1, 0.15) is 24.4 Å². The van der Waals surface area contributed by atoms with Gasteiger partial charge >= 0.3 is 5.97 Å². The van der Waals surface area contributed by atoms with Gasteiger partial charge < -0.3 is 9.22 Å².